The van der Waals surface area contributed by atoms with E-state index in [0.717, 1.165) is 38.5 Å². The summed E-state index contributed by atoms with van der Waals surface area (Å²) >= 11 is 0. The van der Waals surface area contributed by atoms with Crippen molar-refractivity contribution in [3.05, 3.63) is 0 Å². The van der Waals surface area contributed by atoms with Gasteiger partial charge in [-0.2, -0.15) is 0 Å². The third kappa shape index (κ3) is 6.34. The molecular weight excluding hydrogens is 278 g/mol. The van der Waals surface area contributed by atoms with E-state index < -0.39 is 0 Å². The summed E-state index contributed by atoms with van der Waals surface area (Å²) in [6, 6.07) is -0.134. The maximum absolute atomic E-state index is 12.1. The van der Waals surface area contributed by atoms with Crippen molar-refractivity contribution in [3.8, 4) is 0 Å². The average molecular weight is 311 g/mol. The molecule has 22 heavy (non-hydrogen) atoms. The van der Waals surface area contributed by atoms with Crippen LogP contribution in [-0.4, -0.2) is 29.9 Å². The third-order valence-electron chi connectivity index (χ3n) is 4.90. The fraction of sp³-hybridized carbons (Fsp3) is 0.882. The molecule has 0 aromatic heterocycles. The highest BCUT2D eigenvalue weighted by Crippen LogP contribution is 2.23. The van der Waals surface area contributed by atoms with Crippen LogP contribution in [0.2, 0.25) is 0 Å². The maximum Gasteiger partial charge on any atom is 0.223 e. The fourth-order valence-corrected chi connectivity index (χ4v) is 2.90. The van der Waals surface area contributed by atoms with Gasteiger partial charge < -0.3 is 16.4 Å². The van der Waals surface area contributed by atoms with Gasteiger partial charge in [-0.15, -0.1) is 0 Å². The van der Waals surface area contributed by atoms with E-state index in [0.29, 0.717) is 13.0 Å². The molecule has 128 valence electrons. The van der Waals surface area contributed by atoms with Gasteiger partial charge in [0.05, 0.1) is 0 Å². The van der Waals surface area contributed by atoms with Crippen LogP contribution >= 0.6 is 0 Å². The lowest BCUT2D eigenvalue weighted by Crippen LogP contribution is -2.50. The van der Waals surface area contributed by atoms with E-state index in [1.54, 1.807) is 0 Å². The Morgan fingerprint density at radius 2 is 1.77 bits per heavy atom. The molecule has 5 heteroatoms. The van der Waals surface area contributed by atoms with Crippen LogP contribution in [0.5, 0.6) is 0 Å². The number of carbonyl (C=O) groups excluding carboxylic acids is 2. The van der Waals surface area contributed by atoms with Gasteiger partial charge in [-0.25, -0.2) is 0 Å². The quantitative estimate of drug-likeness (QED) is 0.642. The number of nitrogens with two attached hydrogens (primary N) is 1. The lowest BCUT2D eigenvalue weighted by Gasteiger charge is -2.27. The molecule has 0 heterocycles. The lowest BCUT2D eigenvalue weighted by atomic mass is 9.88. The fourth-order valence-electron chi connectivity index (χ4n) is 2.90. The Bertz CT molecular complexity index is 361. The van der Waals surface area contributed by atoms with Crippen LogP contribution in [0.1, 0.15) is 72.1 Å². The molecule has 1 rings (SSSR count). The molecule has 0 saturated heterocycles. The number of rotatable bonds is 8. The Labute approximate surface area is 134 Å². The zero-order valence-electron chi connectivity index (χ0n) is 14.4. The van der Waals surface area contributed by atoms with Gasteiger partial charge >= 0.3 is 0 Å². The molecule has 2 amide bonds. The predicted octanol–water partition coefficient (Wildman–Crippen LogP) is 2.10. The SMILES string of the molecule is CCC(N)(CC)CNC(=O)CC(C)NC(=O)C1CCCCC1. The first-order valence-electron chi connectivity index (χ1n) is 8.76. The molecule has 0 aliphatic heterocycles. The molecular formula is C17H33N3O2. The van der Waals surface area contributed by atoms with Crippen molar-refractivity contribution in [2.45, 2.75) is 83.7 Å². The summed E-state index contributed by atoms with van der Waals surface area (Å²) in [4.78, 5) is 24.1. The molecule has 1 aliphatic carbocycles. The van der Waals surface area contributed by atoms with Crippen LogP contribution in [0, 0.1) is 5.92 Å². The van der Waals surface area contributed by atoms with Crippen molar-refractivity contribution < 1.29 is 9.59 Å². The van der Waals surface area contributed by atoms with Gasteiger partial charge in [-0.05, 0) is 32.6 Å². The van der Waals surface area contributed by atoms with E-state index in [4.69, 9.17) is 5.73 Å². The zero-order chi connectivity index (χ0) is 16.6. The average Bonchev–Trinajstić information content (AvgIpc) is 2.53. The topological polar surface area (TPSA) is 84.2 Å². The van der Waals surface area contributed by atoms with Gasteiger partial charge in [-0.3, -0.25) is 9.59 Å². The summed E-state index contributed by atoms with van der Waals surface area (Å²) in [7, 11) is 0. The number of hydrogen-bond acceptors (Lipinski definition) is 3. The summed E-state index contributed by atoms with van der Waals surface area (Å²) < 4.78 is 0. The van der Waals surface area contributed by atoms with E-state index >= 15 is 0 Å². The highest BCUT2D eigenvalue weighted by atomic mass is 16.2. The number of amides is 2. The van der Waals surface area contributed by atoms with E-state index in [-0.39, 0.29) is 29.3 Å². The molecule has 0 aromatic rings. The van der Waals surface area contributed by atoms with Crippen LogP contribution in [0.25, 0.3) is 0 Å². The molecule has 1 atom stereocenters. The number of nitrogens with one attached hydrogen (secondary N) is 2. The van der Waals surface area contributed by atoms with E-state index in [1.165, 1.54) is 6.42 Å². The Kier molecular flexibility index (Phi) is 7.87. The van der Waals surface area contributed by atoms with Gasteiger partial charge in [0.15, 0.2) is 0 Å². The second kappa shape index (κ2) is 9.13. The van der Waals surface area contributed by atoms with E-state index in [2.05, 4.69) is 10.6 Å². The first kappa shape index (κ1) is 18.9. The summed E-state index contributed by atoms with van der Waals surface area (Å²) in [5.41, 5.74) is 5.84. The van der Waals surface area contributed by atoms with Crippen LogP contribution < -0.4 is 16.4 Å². The second-order valence-corrected chi connectivity index (χ2v) is 6.79. The molecule has 0 bridgehead atoms. The molecule has 5 nitrogen and oxygen atoms in total. The highest BCUT2D eigenvalue weighted by molar-refractivity contribution is 5.81. The van der Waals surface area contributed by atoms with Crippen molar-refractivity contribution in [3.63, 3.8) is 0 Å². The Hall–Kier alpha value is -1.10. The minimum Gasteiger partial charge on any atom is -0.354 e. The first-order chi connectivity index (χ1) is 10.4. The van der Waals surface area contributed by atoms with Crippen molar-refractivity contribution in [2.75, 3.05) is 6.54 Å². The van der Waals surface area contributed by atoms with E-state index in [9.17, 15) is 9.59 Å². The molecule has 0 spiro atoms. The van der Waals surface area contributed by atoms with Gasteiger partial charge in [0.1, 0.15) is 0 Å². The molecule has 1 aliphatic rings. The molecule has 1 fully saturated rings. The molecule has 4 N–H and O–H groups in total. The van der Waals surface area contributed by atoms with Gasteiger partial charge in [0, 0.05) is 30.5 Å². The maximum atomic E-state index is 12.1. The minimum absolute atomic E-state index is 0.0480. The van der Waals surface area contributed by atoms with Crippen LogP contribution in [0.3, 0.4) is 0 Å². The molecule has 0 aromatic carbocycles. The van der Waals surface area contributed by atoms with Crippen molar-refractivity contribution in [1.29, 1.82) is 0 Å². The van der Waals surface area contributed by atoms with Crippen molar-refractivity contribution >= 4 is 11.8 Å². The van der Waals surface area contributed by atoms with Gasteiger partial charge in [-0.1, -0.05) is 33.1 Å². The standard InChI is InChI=1S/C17H33N3O2/c1-4-17(18,5-2)12-19-15(21)11-13(3)20-16(22)14-9-7-6-8-10-14/h13-14H,4-12,18H2,1-3H3,(H,19,21)(H,20,22). The highest BCUT2D eigenvalue weighted by Gasteiger charge is 2.24. The van der Waals surface area contributed by atoms with Crippen molar-refractivity contribution in [2.24, 2.45) is 11.7 Å². The zero-order valence-corrected chi connectivity index (χ0v) is 14.4. The smallest absolute Gasteiger partial charge is 0.223 e. The normalized spacial score (nSPS) is 17.8. The Morgan fingerprint density at radius 1 is 1.18 bits per heavy atom. The predicted molar refractivity (Wildman–Crippen MR) is 89.3 cm³/mol. The van der Waals surface area contributed by atoms with Crippen molar-refractivity contribution in [1.82, 2.24) is 10.6 Å². The molecule has 0 radical (unpaired) electrons. The summed E-state index contributed by atoms with van der Waals surface area (Å²) in [6.45, 7) is 6.43. The number of carbonyl (C=O) groups is 2. The Morgan fingerprint density at radius 3 is 2.32 bits per heavy atom. The monoisotopic (exact) mass is 311 g/mol. The summed E-state index contributed by atoms with van der Waals surface area (Å²) in [6.07, 6.45) is 7.44. The van der Waals surface area contributed by atoms with Gasteiger partial charge in [0.2, 0.25) is 11.8 Å². The lowest BCUT2D eigenvalue weighted by molar-refractivity contribution is -0.127. The largest absolute Gasteiger partial charge is 0.354 e. The van der Waals surface area contributed by atoms with Crippen LogP contribution in [-0.2, 0) is 9.59 Å². The molecule has 1 saturated carbocycles. The summed E-state index contributed by atoms with van der Waals surface area (Å²) in [5, 5.41) is 5.87. The van der Waals surface area contributed by atoms with Gasteiger partial charge in [0.25, 0.3) is 0 Å². The number of hydrogen-bond donors (Lipinski definition) is 3. The first-order valence-corrected chi connectivity index (χ1v) is 8.76. The van der Waals surface area contributed by atoms with E-state index in [1.807, 2.05) is 20.8 Å². The summed E-state index contributed by atoms with van der Waals surface area (Å²) in [5.74, 6) is 0.194. The minimum atomic E-state index is -0.329. The molecule has 1 unspecified atom stereocenters. The van der Waals surface area contributed by atoms with Crippen LogP contribution in [0.4, 0.5) is 0 Å². The Balaban J connectivity index is 2.30. The third-order valence-corrected chi connectivity index (χ3v) is 4.90. The second-order valence-electron chi connectivity index (χ2n) is 6.79. The van der Waals surface area contributed by atoms with Crippen LogP contribution in [0.15, 0.2) is 0 Å².